The predicted molar refractivity (Wildman–Crippen MR) is 106 cm³/mol. The van der Waals surface area contributed by atoms with Gasteiger partial charge in [-0.2, -0.15) is 4.98 Å². The van der Waals surface area contributed by atoms with Crippen molar-refractivity contribution in [2.45, 2.75) is 11.4 Å². The minimum absolute atomic E-state index is 0.0365. The number of rotatable bonds is 6. The highest BCUT2D eigenvalue weighted by Gasteiger charge is 2.27. The van der Waals surface area contributed by atoms with E-state index >= 15 is 0 Å². The van der Waals surface area contributed by atoms with Gasteiger partial charge in [0.05, 0.1) is 10.6 Å². The van der Waals surface area contributed by atoms with Crippen LogP contribution in [-0.2, 0) is 16.6 Å². The minimum Gasteiger partial charge on any atom is -0.337 e. The normalized spacial score (nSPS) is 11.3. The lowest BCUT2D eigenvalue weighted by atomic mass is 10.2. The molecule has 1 heterocycles. The molecule has 29 heavy (non-hydrogen) atoms. The van der Waals surface area contributed by atoms with Crippen molar-refractivity contribution in [3.8, 4) is 11.4 Å². The Morgan fingerprint density at radius 1 is 0.862 bits per heavy atom. The second-order valence-corrected chi connectivity index (χ2v) is 8.04. The Balaban J connectivity index is 1.71. The summed E-state index contributed by atoms with van der Waals surface area (Å²) >= 11 is 0. The first-order valence-corrected chi connectivity index (χ1v) is 10.2. The van der Waals surface area contributed by atoms with Crippen LogP contribution in [0, 0.1) is 5.82 Å². The van der Waals surface area contributed by atoms with Crippen molar-refractivity contribution in [1.82, 2.24) is 10.1 Å². The first kappa shape index (κ1) is 18.8. The van der Waals surface area contributed by atoms with Crippen LogP contribution in [-0.4, -0.2) is 18.6 Å². The average molecular weight is 409 g/mol. The molecule has 0 unspecified atom stereocenters. The molecule has 4 rings (SSSR count). The highest BCUT2D eigenvalue weighted by molar-refractivity contribution is 7.92. The molecule has 0 atom stereocenters. The van der Waals surface area contributed by atoms with Crippen LogP contribution in [0.15, 0.2) is 94.3 Å². The van der Waals surface area contributed by atoms with E-state index in [2.05, 4.69) is 10.1 Å². The topological polar surface area (TPSA) is 76.3 Å². The molecule has 0 radical (unpaired) electrons. The number of nitrogens with zero attached hydrogens (tertiary/aromatic N) is 3. The van der Waals surface area contributed by atoms with Crippen LogP contribution in [0.3, 0.4) is 0 Å². The number of hydrogen-bond acceptors (Lipinski definition) is 5. The van der Waals surface area contributed by atoms with Crippen molar-refractivity contribution in [3.63, 3.8) is 0 Å². The quantitative estimate of drug-likeness (QED) is 0.475. The Bertz CT molecular complexity index is 1190. The van der Waals surface area contributed by atoms with Crippen LogP contribution in [0.2, 0.25) is 0 Å². The fourth-order valence-electron chi connectivity index (χ4n) is 2.79. The second-order valence-electron chi connectivity index (χ2n) is 6.18. The van der Waals surface area contributed by atoms with Crippen molar-refractivity contribution in [3.05, 3.63) is 96.6 Å². The minimum atomic E-state index is -3.99. The molecule has 0 aliphatic heterocycles. The van der Waals surface area contributed by atoms with E-state index in [9.17, 15) is 12.8 Å². The molecule has 0 spiro atoms. The third kappa shape index (κ3) is 4.02. The van der Waals surface area contributed by atoms with Crippen molar-refractivity contribution < 1.29 is 17.3 Å². The van der Waals surface area contributed by atoms with Gasteiger partial charge >= 0.3 is 0 Å². The van der Waals surface area contributed by atoms with Gasteiger partial charge in [-0.1, -0.05) is 53.7 Å². The van der Waals surface area contributed by atoms with E-state index < -0.39 is 15.8 Å². The molecule has 0 fully saturated rings. The van der Waals surface area contributed by atoms with Gasteiger partial charge in [0.2, 0.25) is 11.7 Å². The largest absolute Gasteiger partial charge is 0.337 e. The van der Waals surface area contributed by atoms with E-state index in [4.69, 9.17) is 4.52 Å². The lowest BCUT2D eigenvalue weighted by molar-refractivity contribution is 0.380. The average Bonchev–Trinajstić information content (AvgIpc) is 3.22. The zero-order valence-corrected chi connectivity index (χ0v) is 16.0. The molecule has 0 aliphatic carbocycles. The highest BCUT2D eigenvalue weighted by atomic mass is 32.2. The summed E-state index contributed by atoms with van der Waals surface area (Å²) in [5.74, 6) is -0.00852. The molecule has 0 aliphatic rings. The summed E-state index contributed by atoms with van der Waals surface area (Å²) in [6, 6.07) is 22.5. The fourth-order valence-corrected chi connectivity index (χ4v) is 4.20. The van der Waals surface area contributed by atoms with Gasteiger partial charge in [-0.25, -0.2) is 12.8 Å². The van der Waals surface area contributed by atoms with Crippen molar-refractivity contribution >= 4 is 15.7 Å². The molecule has 0 saturated heterocycles. The molecule has 1 aromatic heterocycles. The molecule has 0 amide bonds. The van der Waals surface area contributed by atoms with Crippen LogP contribution in [0.4, 0.5) is 10.1 Å². The Labute approximate surface area is 167 Å². The molecular formula is C21H16FN3O3S. The molecule has 8 heteroatoms. The van der Waals surface area contributed by atoms with Crippen LogP contribution in [0.5, 0.6) is 0 Å². The van der Waals surface area contributed by atoms with Crippen LogP contribution in [0.1, 0.15) is 5.89 Å². The molecule has 0 bridgehead atoms. The van der Waals surface area contributed by atoms with E-state index in [-0.39, 0.29) is 17.3 Å². The monoisotopic (exact) mass is 409 g/mol. The van der Waals surface area contributed by atoms with Gasteiger partial charge in [0.25, 0.3) is 10.0 Å². The molecule has 0 N–H and O–H groups in total. The van der Waals surface area contributed by atoms with Gasteiger partial charge in [-0.15, -0.1) is 0 Å². The number of anilines is 1. The standard InChI is InChI=1S/C21H16FN3O3S/c22-17-11-13-19(14-12-17)29(26,27)25(18-9-5-2-6-10-18)15-20-23-21(24-28-20)16-7-3-1-4-8-16/h1-14H,15H2. The molecule has 3 aromatic carbocycles. The molecule has 146 valence electrons. The lowest BCUT2D eigenvalue weighted by Crippen LogP contribution is -2.30. The van der Waals surface area contributed by atoms with E-state index in [1.807, 2.05) is 30.3 Å². The third-order valence-electron chi connectivity index (χ3n) is 4.22. The number of sulfonamides is 1. The number of halogens is 1. The Morgan fingerprint density at radius 2 is 1.48 bits per heavy atom. The van der Waals surface area contributed by atoms with Gasteiger partial charge in [0, 0.05) is 5.56 Å². The summed E-state index contributed by atoms with van der Waals surface area (Å²) in [6.07, 6.45) is 0. The number of hydrogen-bond donors (Lipinski definition) is 0. The van der Waals surface area contributed by atoms with Crippen molar-refractivity contribution in [2.75, 3.05) is 4.31 Å². The van der Waals surface area contributed by atoms with E-state index in [0.29, 0.717) is 11.5 Å². The smallest absolute Gasteiger partial charge is 0.264 e. The Kier molecular flexibility index (Phi) is 5.09. The van der Waals surface area contributed by atoms with Gasteiger partial charge < -0.3 is 4.52 Å². The van der Waals surface area contributed by atoms with E-state index in [1.165, 1.54) is 12.1 Å². The SMILES string of the molecule is O=S(=O)(c1ccc(F)cc1)N(Cc1nc(-c2ccccc2)no1)c1ccccc1. The van der Waals surface area contributed by atoms with E-state index in [1.54, 1.807) is 30.3 Å². The number of benzene rings is 3. The van der Waals surface area contributed by atoms with Crippen molar-refractivity contribution in [1.29, 1.82) is 0 Å². The van der Waals surface area contributed by atoms with Crippen LogP contribution >= 0.6 is 0 Å². The van der Waals surface area contributed by atoms with Crippen LogP contribution < -0.4 is 4.31 Å². The summed E-state index contributed by atoms with van der Waals surface area (Å²) in [4.78, 5) is 4.29. The number of para-hydroxylation sites is 1. The predicted octanol–water partition coefficient (Wildman–Crippen LogP) is 4.27. The molecule has 4 aromatic rings. The van der Waals surface area contributed by atoms with Gasteiger partial charge in [-0.3, -0.25) is 4.31 Å². The molecular weight excluding hydrogens is 393 g/mol. The molecule has 0 saturated carbocycles. The van der Waals surface area contributed by atoms with Gasteiger partial charge in [0.15, 0.2) is 0 Å². The van der Waals surface area contributed by atoms with Crippen molar-refractivity contribution in [2.24, 2.45) is 0 Å². The lowest BCUT2D eigenvalue weighted by Gasteiger charge is -2.22. The maximum absolute atomic E-state index is 13.3. The van der Waals surface area contributed by atoms with Gasteiger partial charge in [0.1, 0.15) is 12.4 Å². The zero-order valence-electron chi connectivity index (χ0n) is 15.1. The number of aromatic nitrogens is 2. The Morgan fingerprint density at radius 3 is 2.14 bits per heavy atom. The fraction of sp³-hybridized carbons (Fsp3) is 0.0476. The highest BCUT2D eigenvalue weighted by Crippen LogP contribution is 2.26. The maximum Gasteiger partial charge on any atom is 0.264 e. The summed E-state index contributed by atoms with van der Waals surface area (Å²) in [7, 11) is -3.99. The summed E-state index contributed by atoms with van der Waals surface area (Å²) in [6.45, 7) is -0.163. The summed E-state index contributed by atoms with van der Waals surface area (Å²) < 4.78 is 46.2. The van der Waals surface area contributed by atoms with E-state index in [0.717, 1.165) is 22.0 Å². The first-order chi connectivity index (χ1) is 14.0. The first-order valence-electron chi connectivity index (χ1n) is 8.75. The third-order valence-corrected chi connectivity index (χ3v) is 6.01. The molecule has 6 nitrogen and oxygen atoms in total. The van der Waals surface area contributed by atoms with Gasteiger partial charge in [-0.05, 0) is 36.4 Å². The summed E-state index contributed by atoms with van der Waals surface area (Å²) in [5.41, 5.74) is 1.19. The Hall–Kier alpha value is -3.52. The maximum atomic E-state index is 13.3. The van der Waals surface area contributed by atoms with Crippen LogP contribution in [0.25, 0.3) is 11.4 Å². The summed E-state index contributed by atoms with van der Waals surface area (Å²) in [5, 5.41) is 3.94. The zero-order chi connectivity index (χ0) is 20.3. The second kappa shape index (κ2) is 7.84.